The average molecular weight is 173 g/mol. The summed E-state index contributed by atoms with van der Waals surface area (Å²) in [4.78, 5) is 2.44. The molecule has 0 aromatic heterocycles. The molecule has 0 heterocycles. The maximum Gasteiger partial charge on any atom is 0.0107 e. The Labute approximate surface area is 76.5 Å². The predicted molar refractivity (Wildman–Crippen MR) is 54.6 cm³/mol. The third kappa shape index (κ3) is 6.58. The average Bonchev–Trinajstić information content (AvgIpc) is 2.11. The Morgan fingerprint density at radius 3 is 2.25 bits per heavy atom. The van der Waals surface area contributed by atoms with E-state index in [9.17, 15) is 0 Å². The molecule has 0 aliphatic heterocycles. The summed E-state index contributed by atoms with van der Waals surface area (Å²) >= 11 is 0. The summed E-state index contributed by atoms with van der Waals surface area (Å²) in [5.41, 5.74) is 0. The molecule has 0 aromatic carbocycles. The van der Waals surface area contributed by atoms with Gasteiger partial charge in [0.25, 0.3) is 0 Å². The van der Waals surface area contributed by atoms with E-state index in [0.29, 0.717) is 0 Å². The van der Waals surface area contributed by atoms with Crippen LogP contribution in [0.1, 0.15) is 13.8 Å². The summed E-state index contributed by atoms with van der Waals surface area (Å²) in [7, 11) is 2.00. The molecule has 0 atom stereocenters. The normalized spacial score (nSPS) is 11.0. The van der Waals surface area contributed by atoms with Crippen LogP contribution in [0.15, 0.2) is 0 Å². The minimum absolute atomic E-state index is 1.07. The molecule has 0 saturated carbocycles. The van der Waals surface area contributed by atoms with Crippen LogP contribution < -0.4 is 10.6 Å². The van der Waals surface area contributed by atoms with Crippen molar-refractivity contribution in [1.29, 1.82) is 0 Å². The molecule has 3 nitrogen and oxygen atoms in total. The van der Waals surface area contributed by atoms with E-state index in [4.69, 9.17) is 0 Å². The molecule has 3 heteroatoms. The maximum absolute atomic E-state index is 3.33. The molecule has 0 unspecified atom stereocenters. The number of rotatable bonds is 8. The van der Waals surface area contributed by atoms with Crippen molar-refractivity contribution in [2.45, 2.75) is 13.8 Å². The smallest absolute Gasteiger partial charge is 0.0107 e. The lowest BCUT2D eigenvalue weighted by molar-refractivity contribution is 0.290. The van der Waals surface area contributed by atoms with Crippen molar-refractivity contribution in [3.63, 3.8) is 0 Å². The Balaban J connectivity index is 3.26. The van der Waals surface area contributed by atoms with Crippen molar-refractivity contribution < 1.29 is 0 Å². The number of likely N-dealkylation sites (N-methyl/N-ethyl adjacent to an activating group) is 3. The fourth-order valence-corrected chi connectivity index (χ4v) is 1.11. The summed E-state index contributed by atoms with van der Waals surface area (Å²) in [6.45, 7) is 11.1. The van der Waals surface area contributed by atoms with Crippen LogP contribution in [0.3, 0.4) is 0 Å². The number of nitrogens with one attached hydrogen (secondary N) is 2. The van der Waals surface area contributed by atoms with Gasteiger partial charge in [0.1, 0.15) is 0 Å². The fourth-order valence-electron chi connectivity index (χ4n) is 1.11. The van der Waals surface area contributed by atoms with E-state index >= 15 is 0 Å². The second kappa shape index (κ2) is 8.97. The van der Waals surface area contributed by atoms with Crippen LogP contribution in [0.4, 0.5) is 0 Å². The molecule has 74 valence electrons. The van der Waals surface area contributed by atoms with E-state index in [-0.39, 0.29) is 0 Å². The molecular weight excluding hydrogens is 150 g/mol. The van der Waals surface area contributed by atoms with Gasteiger partial charge in [-0.25, -0.2) is 0 Å². The topological polar surface area (TPSA) is 27.3 Å². The molecule has 0 aliphatic carbocycles. The van der Waals surface area contributed by atoms with Crippen LogP contribution in [-0.4, -0.2) is 51.2 Å². The Bertz CT molecular complexity index is 85.8. The standard InChI is InChI=1S/C9H23N3/c1-4-11-7-9-12(5-2)8-6-10-3/h10-11H,4-9H2,1-3H3. The summed E-state index contributed by atoms with van der Waals surface area (Å²) < 4.78 is 0. The SMILES string of the molecule is CCNCCN(CC)CCNC. The summed E-state index contributed by atoms with van der Waals surface area (Å²) in [6.07, 6.45) is 0. The zero-order chi connectivity index (χ0) is 9.23. The van der Waals surface area contributed by atoms with Crippen LogP contribution in [0, 0.1) is 0 Å². The Hall–Kier alpha value is -0.120. The second-order valence-corrected chi connectivity index (χ2v) is 2.89. The molecule has 0 aromatic rings. The van der Waals surface area contributed by atoms with Crippen LogP contribution in [0.2, 0.25) is 0 Å². The Morgan fingerprint density at radius 1 is 1.08 bits per heavy atom. The number of nitrogens with zero attached hydrogens (tertiary/aromatic N) is 1. The molecule has 0 rings (SSSR count). The minimum atomic E-state index is 1.07. The lowest BCUT2D eigenvalue weighted by Crippen LogP contribution is -2.36. The first-order valence-electron chi connectivity index (χ1n) is 4.92. The van der Waals surface area contributed by atoms with Gasteiger partial charge in [0.2, 0.25) is 0 Å². The first-order valence-corrected chi connectivity index (χ1v) is 4.92. The van der Waals surface area contributed by atoms with Gasteiger partial charge in [-0.2, -0.15) is 0 Å². The van der Waals surface area contributed by atoms with Crippen molar-refractivity contribution in [3.05, 3.63) is 0 Å². The van der Waals surface area contributed by atoms with E-state index in [1.807, 2.05) is 7.05 Å². The van der Waals surface area contributed by atoms with Crippen molar-refractivity contribution in [1.82, 2.24) is 15.5 Å². The third-order valence-electron chi connectivity index (χ3n) is 1.98. The van der Waals surface area contributed by atoms with Crippen LogP contribution in [-0.2, 0) is 0 Å². The first kappa shape index (κ1) is 11.9. The maximum atomic E-state index is 3.33. The Morgan fingerprint density at radius 2 is 1.75 bits per heavy atom. The fraction of sp³-hybridized carbons (Fsp3) is 1.00. The van der Waals surface area contributed by atoms with Gasteiger partial charge < -0.3 is 15.5 Å². The first-order chi connectivity index (χ1) is 5.85. The molecule has 0 bridgehead atoms. The summed E-state index contributed by atoms with van der Waals surface area (Å²) in [5.74, 6) is 0. The molecule has 0 fully saturated rings. The molecule has 0 aliphatic rings. The summed E-state index contributed by atoms with van der Waals surface area (Å²) in [6, 6.07) is 0. The molecule has 2 N–H and O–H groups in total. The molecular formula is C9H23N3. The van der Waals surface area contributed by atoms with Crippen molar-refractivity contribution in [3.8, 4) is 0 Å². The van der Waals surface area contributed by atoms with Crippen molar-refractivity contribution in [2.75, 3.05) is 46.3 Å². The highest BCUT2D eigenvalue weighted by molar-refractivity contribution is 4.58. The van der Waals surface area contributed by atoms with Crippen LogP contribution in [0.5, 0.6) is 0 Å². The molecule has 12 heavy (non-hydrogen) atoms. The highest BCUT2D eigenvalue weighted by Gasteiger charge is 1.98. The van der Waals surface area contributed by atoms with Crippen molar-refractivity contribution >= 4 is 0 Å². The van der Waals surface area contributed by atoms with E-state index in [1.165, 1.54) is 0 Å². The van der Waals surface area contributed by atoms with Gasteiger partial charge in [-0.05, 0) is 20.1 Å². The lowest BCUT2D eigenvalue weighted by atomic mass is 10.4. The largest absolute Gasteiger partial charge is 0.318 e. The third-order valence-corrected chi connectivity index (χ3v) is 1.98. The predicted octanol–water partition coefficient (Wildman–Crippen LogP) is 0.137. The number of hydrogen-bond acceptors (Lipinski definition) is 3. The van der Waals surface area contributed by atoms with E-state index in [0.717, 1.165) is 39.3 Å². The van der Waals surface area contributed by atoms with Gasteiger partial charge in [-0.3, -0.25) is 0 Å². The minimum Gasteiger partial charge on any atom is -0.318 e. The van der Waals surface area contributed by atoms with Gasteiger partial charge in [0.15, 0.2) is 0 Å². The second-order valence-electron chi connectivity index (χ2n) is 2.89. The monoisotopic (exact) mass is 173 g/mol. The van der Waals surface area contributed by atoms with Gasteiger partial charge >= 0.3 is 0 Å². The quantitative estimate of drug-likeness (QED) is 0.511. The number of hydrogen-bond donors (Lipinski definition) is 2. The molecule has 0 spiro atoms. The zero-order valence-corrected chi connectivity index (χ0v) is 8.69. The Kier molecular flexibility index (Phi) is 8.88. The zero-order valence-electron chi connectivity index (χ0n) is 8.69. The van der Waals surface area contributed by atoms with Gasteiger partial charge in [-0.15, -0.1) is 0 Å². The molecule has 0 saturated heterocycles. The highest BCUT2D eigenvalue weighted by atomic mass is 15.1. The lowest BCUT2D eigenvalue weighted by Gasteiger charge is -2.19. The molecule has 0 radical (unpaired) electrons. The molecule has 0 amide bonds. The van der Waals surface area contributed by atoms with Gasteiger partial charge in [-0.1, -0.05) is 13.8 Å². The van der Waals surface area contributed by atoms with E-state index < -0.39 is 0 Å². The van der Waals surface area contributed by atoms with Gasteiger partial charge in [0, 0.05) is 26.2 Å². The van der Waals surface area contributed by atoms with E-state index in [2.05, 4.69) is 29.4 Å². The van der Waals surface area contributed by atoms with Crippen LogP contribution >= 0.6 is 0 Å². The van der Waals surface area contributed by atoms with Crippen LogP contribution in [0.25, 0.3) is 0 Å². The highest BCUT2D eigenvalue weighted by Crippen LogP contribution is 1.84. The summed E-state index contributed by atoms with van der Waals surface area (Å²) in [5, 5.41) is 6.49. The van der Waals surface area contributed by atoms with Gasteiger partial charge in [0.05, 0.1) is 0 Å². The van der Waals surface area contributed by atoms with Crippen molar-refractivity contribution in [2.24, 2.45) is 0 Å². The van der Waals surface area contributed by atoms with E-state index in [1.54, 1.807) is 0 Å².